The Morgan fingerprint density at radius 3 is 2.61 bits per heavy atom. The molecular weight excluding hydrogens is 244 g/mol. The van der Waals surface area contributed by atoms with Crippen LogP contribution in [-0.4, -0.2) is 24.4 Å². The van der Waals surface area contributed by atoms with Crippen molar-refractivity contribution in [2.24, 2.45) is 5.73 Å². The minimum absolute atomic E-state index is 0.144. The third-order valence-corrected chi connectivity index (χ3v) is 2.23. The third-order valence-electron chi connectivity index (χ3n) is 2.23. The van der Waals surface area contributed by atoms with Crippen molar-refractivity contribution in [1.29, 1.82) is 0 Å². The van der Waals surface area contributed by atoms with E-state index in [2.05, 4.69) is 4.74 Å². The summed E-state index contributed by atoms with van der Waals surface area (Å²) in [5.74, 6) is -3.16. The van der Waals surface area contributed by atoms with Crippen LogP contribution < -0.4 is 5.73 Å². The zero-order chi connectivity index (χ0) is 13.7. The summed E-state index contributed by atoms with van der Waals surface area (Å²) >= 11 is 0. The van der Waals surface area contributed by atoms with Crippen LogP contribution in [0.1, 0.15) is 23.7 Å². The molecule has 1 rings (SSSR count). The second-order valence-corrected chi connectivity index (χ2v) is 3.61. The van der Waals surface area contributed by atoms with Crippen LogP contribution in [0.15, 0.2) is 18.2 Å². The van der Waals surface area contributed by atoms with Crippen LogP contribution in [0.25, 0.3) is 0 Å². The van der Waals surface area contributed by atoms with E-state index in [4.69, 9.17) is 5.73 Å². The van der Waals surface area contributed by atoms with E-state index in [0.717, 1.165) is 12.1 Å². The lowest BCUT2D eigenvalue weighted by Gasteiger charge is -2.10. The van der Waals surface area contributed by atoms with E-state index in [1.54, 1.807) is 6.92 Å². The molecule has 0 bridgehead atoms. The molecule has 1 unspecified atom stereocenters. The van der Waals surface area contributed by atoms with E-state index >= 15 is 0 Å². The summed E-state index contributed by atoms with van der Waals surface area (Å²) in [5.41, 5.74) is 5.13. The molecule has 6 heteroatoms. The fraction of sp³-hybridized carbons (Fsp3) is 0.333. The number of halogens is 2. The molecule has 4 nitrogen and oxygen atoms in total. The molecule has 1 aromatic rings. The zero-order valence-electron chi connectivity index (χ0n) is 9.78. The maximum Gasteiger partial charge on any atom is 0.323 e. The van der Waals surface area contributed by atoms with Crippen LogP contribution in [0.3, 0.4) is 0 Å². The molecule has 18 heavy (non-hydrogen) atoms. The van der Waals surface area contributed by atoms with Crippen molar-refractivity contribution in [3.8, 4) is 0 Å². The second-order valence-electron chi connectivity index (χ2n) is 3.61. The van der Waals surface area contributed by atoms with Crippen LogP contribution >= 0.6 is 0 Å². The quantitative estimate of drug-likeness (QED) is 0.640. The summed E-state index contributed by atoms with van der Waals surface area (Å²) < 4.78 is 30.6. The van der Waals surface area contributed by atoms with Crippen molar-refractivity contribution in [3.63, 3.8) is 0 Å². The lowest BCUT2D eigenvalue weighted by Crippen LogP contribution is -2.34. The zero-order valence-corrected chi connectivity index (χ0v) is 9.78. The van der Waals surface area contributed by atoms with E-state index in [-0.39, 0.29) is 18.6 Å². The number of Topliss-reactive ketones (excluding diaryl/α,β-unsaturated/α-hetero) is 1. The highest BCUT2D eigenvalue weighted by atomic mass is 19.1. The highest BCUT2D eigenvalue weighted by molar-refractivity contribution is 5.99. The highest BCUT2D eigenvalue weighted by Crippen LogP contribution is 2.12. The lowest BCUT2D eigenvalue weighted by atomic mass is 10.0. The van der Waals surface area contributed by atoms with Gasteiger partial charge in [0.05, 0.1) is 12.2 Å². The molecule has 0 amide bonds. The molecule has 0 saturated carbocycles. The average molecular weight is 257 g/mol. The Morgan fingerprint density at radius 2 is 2.06 bits per heavy atom. The summed E-state index contributed by atoms with van der Waals surface area (Å²) in [7, 11) is 0. The van der Waals surface area contributed by atoms with Crippen molar-refractivity contribution in [2.75, 3.05) is 6.61 Å². The summed E-state index contributed by atoms with van der Waals surface area (Å²) in [6.45, 7) is 1.75. The van der Waals surface area contributed by atoms with E-state index < -0.39 is 29.4 Å². The first kappa shape index (κ1) is 14.2. The number of carbonyl (C=O) groups is 2. The van der Waals surface area contributed by atoms with E-state index in [9.17, 15) is 18.4 Å². The van der Waals surface area contributed by atoms with Gasteiger partial charge in [0.25, 0.3) is 0 Å². The van der Waals surface area contributed by atoms with Crippen molar-refractivity contribution >= 4 is 11.8 Å². The minimum atomic E-state index is -1.15. The van der Waals surface area contributed by atoms with Crippen LogP contribution in [0, 0.1) is 11.6 Å². The molecule has 1 atom stereocenters. The summed E-state index contributed by atoms with van der Waals surface area (Å²) in [4.78, 5) is 22.8. The van der Waals surface area contributed by atoms with E-state index in [1.807, 2.05) is 0 Å². The lowest BCUT2D eigenvalue weighted by molar-refractivity contribution is -0.144. The Kier molecular flexibility index (Phi) is 4.91. The van der Waals surface area contributed by atoms with Crippen LogP contribution in [0.5, 0.6) is 0 Å². The first-order valence-electron chi connectivity index (χ1n) is 5.36. The van der Waals surface area contributed by atoms with E-state index in [1.165, 1.54) is 0 Å². The summed E-state index contributed by atoms with van der Waals surface area (Å²) in [6.07, 6.45) is -0.388. The molecule has 2 N–H and O–H groups in total. The van der Waals surface area contributed by atoms with E-state index in [0.29, 0.717) is 6.07 Å². The Balaban J connectivity index is 2.73. The summed E-state index contributed by atoms with van der Waals surface area (Å²) in [5, 5.41) is 0. The molecule has 0 aliphatic carbocycles. The third kappa shape index (κ3) is 3.59. The molecule has 0 heterocycles. The number of nitrogens with two attached hydrogens (primary N) is 1. The van der Waals surface area contributed by atoms with Gasteiger partial charge in [-0.1, -0.05) is 0 Å². The maximum atomic E-state index is 13.3. The predicted molar refractivity (Wildman–Crippen MR) is 59.9 cm³/mol. The molecule has 0 fully saturated rings. The van der Waals surface area contributed by atoms with Gasteiger partial charge in [-0.15, -0.1) is 0 Å². The molecule has 1 aromatic carbocycles. The Labute approximate surface area is 103 Å². The molecule has 98 valence electrons. The summed E-state index contributed by atoms with van der Waals surface area (Å²) in [6, 6.07) is 1.43. The Hall–Kier alpha value is -1.82. The Bertz CT molecular complexity index is 463. The van der Waals surface area contributed by atoms with Gasteiger partial charge < -0.3 is 10.5 Å². The minimum Gasteiger partial charge on any atom is -0.465 e. The van der Waals surface area contributed by atoms with Gasteiger partial charge >= 0.3 is 5.97 Å². The topological polar surface area (TPSA) is 69.4 Å². The molecule has 0 radical (unpaired) electrons. The predicted octanol–water partition coefficient (Wildman–Crippen LogP) is 1.43. The highest BCUT2D eigenvalue weighted by Gasteiger charge is 2.21. The van der Waals surface area contributed by atoms with Gasteiger partial charge in [-0.3, -0.25) is 9.59 Å². The standard InChI is InChI=1S/C12H13F2NO3/c1-2-18-12(17)10(15)6-11(16)8-4-3-7(13)5-9(8)14/h3-5,10H,2,6,15H2,1H3. The number of ether oxygens (including phenoxy) is 1. The van der Waals surface area contributed by atoms with Gasteiger partial charge in [0.2, 0.25) is 0 Å². The van der Waals surface area contributed by atoms with Crippen LogP contribution in [-0.2, 0) is 9.53 Å². The molecule has 0 aromatic heterocycles. The van der Waals surface area contributed by atoms with Crippen molar-refractivity contribution < 1.29 is 23.1 Å². The smallest absolute Gasteiger partial charge is 0.323 e. The van der Waals surface area contributed by atoms with Gasteiger partial charge in [0.15, 0.2) is 5.78 Å². The molecule has 0 saturated heterocycles. The number of benzene rings is 1. The van der Waals surface area contributed by atoms with Gasteiger partial charge in [-0.05, 0) is 19.1 Å². The first-order chi connectivity index (χ1) is 8.45. The van der Waals surface area contributed by atoms with Crippen LogP contribution in [0.4, 0.5) is 8.78 Å². The first-order valence-corrected chi connectivity index (χ1v) is 5.36. The number of ketones is 1. The fourth-order valence-electron chi connectivity index (χ4n) is 1.36. The number of hydrogen-bond acceptors (Lipinski definition) is 4. The van der Waals surface area contributed by atoms with Gasteiger partial charge in [-0.2, -0.15) is 0 Å². The second kappa shape index (κ2) is 6.20. The van der Waals surface area contributed by atoms with Gasteiger partial charge in [0.1, 0.15) is 17.7 Å². The maximum absolute atomic E-state index is 13.3. The SMILES string of the molecule is CCOC(=O)C(N)CC(=O)c1ccc(F)cc1F. The van der Waals surface area contributed by atoms with Gasteiger partial charge in [0, 0.05) is 12.5 Å². The molecule has 0 spiro atoms. The number of rotatable bonds is 5. The normalized spacial score (nSPS) is 12.0. The number of carbonyl (C=O) groups excluding carboxylic acids is 2. The molecule has 0 aliphatic rings. The average Bonchev–Trinajstić information content (AvgIpc) is 2.28. The van der Waals surface area contributed by atoms with Crippen molar-refractivity contribution in [3.05, 3.63) is 35.4 Å². The van der Waals surface area contributed by atoms with Gasteiger partial charge in [-0.25, -0.2) is 8.78 Å². The van der Waals surface area contributed by atoms with Crippen molar-refractivity contribution in [2.45, 2.75) is 19.4 Å². The number of esters is 1. The molecular formula is C12H13F2NO3. The number of hydrogen-bond donors (Lipinski definition) is 1. The molecule has 0 aliphatic heterocycles. The van der Waals surface area contributed by atoms with Crippen LogP contribution in [0.2, 0.25) is 0 Å². The fourth-order valence-corrected chi connectivity index (χ4v) is 1.36. The largest absolute Gasteiger partial charge is 0.465 e. The van der Waals surface area contributed by atoms with Crippen molar-refractivity contribution in [1.82, 2.24) is 0 Å². The Morgan fingerprint density at radius 1 is 1.39 bits per heavy atom. The monoisotopic (exact) mass is 257 g/mol.